The smallest absolute Gasteiger partial charge is 0.430 e. The molecule has 11 heteroatoms. The van der Waals surface area contributed by atoms with Gasteiger partial charge in [0.05, 0.1) is 0 Å². The summed E-state index contributed by atoms with van der Waals surface area (Å²) in [6.45, 7) is 0. The molecule has 0 bridgehead atoms. The fourth-order valence-corrected chi connectivity index (χ4v) is 0. The Labute approximate surface area is 75.9 Å². The molecule has 0 unspecified atom stereocenters. The van der Waals surface area contributed by atoms with E-state index in [2.05, 4.69) is 0 Å². The van der Waals surface area contributed by atoms with E-state index in [1.165, 1.54) is 0 Å². The van der Waals surface area contributed by atoms with E-state index in [4.69, 9.17) is 38.6 Å². The quantitative estimate of drug-likeness (QED) is 0.0933. The lowest BCUT2D eigenvalue weighted by molar-refractivity contribution is -0.880. The van der Waals surface area contributed by atoms with E-state index < -0.39 is 22.9 Å². The number of halogens is 3. The molecule has 0 heterocycles. The summed E-state index contributed by atoms with van der Waals surface area (Å²) in [4.78, 5) is 7.70. The van der Waals surface area contributed by atoms with Gasteiger partial charge in [-0.1, -0.05) is 0 Å². The van der Waals surface area contributed by atoms with E-state index in [9.17, 15) is 13.2 Å². The number of nitrogens with one attached hydrogen (secondary N) is 1. The summed E-state index contributed by atoms with van der Waals surface area (Å²) in [5.74, 6) is 11.0. The average Bonchev–Trinajstić information content (AvgIpc) is 1.83. The van der Waals surface area contributed by atoms with E-state index in [-0.39, 0.29) is 0 Å². The van der Waals surface area contributed by atoms with Gasteiger partial charge in [0.1, 0.15) is 5.97 Å². The first-order chi connectivity index (χ1) is 5.89. The van der Waals surface area contributed by atoms with Gasteiger partial charge < -0.3 is 15.6 Å². The highest BCUT2D eigenvalue weighted by Crippen LogP contribution is 2.11. The van der Waals surface area contributed by atoms with Crippen LogP contribution < -0.4 is 28.4 Å². The van der Waals surface area contributed by atoms with Gasteiger partial charge >= 0.3 is 12.1 Å². The normalized spacial score (nSPS) is 11.3. The maximum atomic E-state index is 10.5. The van der Waals surface area contributed by atoms with Crippen LogP contribution in [0.25, 0.3) is 0 Å². The highest BCUT2D eigenvalue weighted by Gasteiger charge is 2.28. The third-order valence-electron chi connectivity index (χ3n) is 0.649. The fourth-order valence-electron chi connectivity index (χ4n) is 0. The van der Waals surface area contributed by atoms with Crippen molar-refractivity contribution in [1.29, 1.82) is 5.41 Å². The van der Waals surface area contributed by atoms with Crippen molar-refractivity contribution < 1.29 is 27.9 Å². The number of hydrogen-bond donors (Lipinski definition) is 5. The van der Waals surface area contributed by atoms with Crippen molar-refractivity contribution >= 4 is 11.9 Å². The molecule has 9 N–H and O–H groups in total. The van der Waals surface area contributed by atoms with Gasteiger partial charge in [0.25, 0.3) is 0 Å². The largest absolute Gasteiger partial charge is 0.542 e. The number of guanidine groups is 1. The lowest BCUT2D eigenvalue weighted by Crippen LogP contribution is -2.71. The first-order valence-corrected chi connectivity index (χ1v) is 2.76. The second kappa shape index (κ2) is 4.71. The molecule has 0 atom stereocenters. The molecule has 0 aliphatic heterocycles. The lowest BCUT2D eigenvalue weighted by atomic mass is 10.7. The van der Waals surface area contributed by atoms with Crippen LogP contribution >= 0.6 is 0 Å². The topological polar surface area (TPSA) is 168 Å². The van der Waals surface area contributed by atoms with Crippen molar-refractivity contribution in [3.05, 3.63) is 0 Å². The van der Waals surface area contributed by atoms with E-state index in [1.54, 1.807) is 0 Å². The van der Waals surface area contributed by atoms with Gasteiger partial charge in [0.15, 0.2) is 0 Å². The number of hydrogen-bond acceptors (Lipinski definition) is 6. The minimum atomic E-state index is -5.19. The molecule has 0 aliphatic carbocycles. The van der Waals surface area contributed by atoms with Crippen molar-refractivity contribution in [1.82, 2.24) is 0 Å². The number of carbonyl (C=O) groups excluding carboxylic acids is 1. The highest BCUT2D eigenvalue weighted by atomic mass is 19.4. The number of carbonyl (C=O) groups is 1. The zero-order valence-corrected chi connectivity index (χ0v) is 6.71. The van der Waals surface area contributed by atoms with Crippen molar-refractivity contribution in [2.24, 2.45) is 23.3 Å². The van der Waals surface area contributed by atoms with E-state index >= 15 is 0 Å². The second-order valence-electron chi connectivity index (χ2n) is 2.00. The SMILES string of the molecule is N=C(N)[N+](N)(N)N.O=C([O-])C(F)(F)F. The minimum Gasteiger partial charge on any atom is -0.542 e. The predicted molar refractivity (Wildman–Crippen MR) is 35.8 cm³/mol. The molecule has 0 radical (unpaired) electrons. The van der Waals surface area contributed by atoms with Crippen molar-refractivity contribution in [2.75, 3.05) is 0 Å². The Morgan fingerprint density at radius 2 is 1.43 bits per heavy atom. The summed E-state index contributed by atoms with van der Waals surface area (Å²) < 4.78 is 31.5. The summed E-state index contributed by atoms with van der Waals surface area (Å²) in [5.41, 5.74) is 4.75. The zero-order chi connectivity index (χ0) is 12.2. The van der Waals surface area contributed by atoms with Crippen LogP contribution in [-0.2, 0) is 4.79 Å². The van der Waals surface area contributed by atoms with E-state index in [0.29, 0.717) is 0 Å². The number of nitrogens with two attached hydrogens (primary N) is 4. The molecule has 0 spiro atoms. The predicted octanol–water partition coefficient (Wildman–Crippen LogP) is -3.38. The first-order valence-electron chi connectivity index (χ1n) is 2.76. The summed E-state index contributed by atoms with van der Waals surface area (Å²) >= 11 is 0. The molecule has 0 rings (SSSR count). The van der Waals surface area contributed by atoms with Crippen LogP contribution in [0, 0.1) is 5.41 Å². The Hall–Kier alpha value is -1.43. The molecular weight excluding hydrogens is 209 g/mol. The average molecular weight is 218 g/mol. The molecule has 0 saturated heterocycles. The van der Waals surface area contributed by atoms with Crippen LogP contribution in [0.1, 0.15) is 0 Å². The Bertz CT molecular complexity index is 195. The van der Waals surface area contributed by atoms with Crippen LogP contribution in [0.15, 0.2) is 0 Å². The lowest BCUT2D eigenvalue weighted by Gasteiger charge is -2.14. The molecule has 0 fully saturated rings. The monoisotopic (exact) mass is 218 g/mol. The zero-order valence-electron chi connectivity index (χ0n) is 6.71. The minimum absolute atomic E-state index is 0.486. The molecular formula is C3H9F3N6O2. The van der Waals surface area contributed by atoms with Crippen LogP contribution in [0.2, 0.25) is 0 Å². The molecule has 0 amide bonds. The van der Waals surface area contributed by atoms with Gasteiger partial charge in [-0.2, -0.15) is 13.2 Å². The van der Waals surface area contributed by atoms with E-state index in [1.807, 2.05) is 0 Å². The number of quaternary nitrogens is 1. The summed E-state index contributed by atoms with van der Waals surface area (Å²) in [7, 11) is 0. The van der Waals surface area contributed by atoms with Gasteiger partial charge in [-0.3, -0.25) is 0 Å². The van der Waals surface area contributed by atoms with Crippen molar-refractivity contribution in [3.63, 3.8) is 0 Å². The Morgan fingerprint density at radius 1 is 1.29 bits per heavy atom. The van der Waals surface area contributed by atoms with E-state index in [0.717, 1.165) is 0 Å². The summed E-state index contributed by atoms with van der Waals surface area (Å²) in [5, 5.41) is 15.3. The third-order valence-corrected chi connectivity index (χ3v) is 0.649. The molecule has 0 aromatic carbocycles. The molecule has 8 nitrogen and oxygen atoms in total. The summed E-state index contributed by atoms with van der Waals surface area (Å²) in [6, 6.07) is 0. The maximum absolute atomic E-state index is 10.5. The Balaban J connectivity index is 0. The van der Waals surface area contributed by atoms with Crippen molar-refractivity contribution in [3.8, 4) is 0 Å². The van der Waals surface area contributed by atoms with Crippen LogP contribution in [0.4, 0.5) is 13.2 Å². The number of aliphatic carboxylic acids is 1. The van der Waals surface area contributed by atoms with Gasteiger partial charge in [0, 0.05) is 0 Å². The van der Waals surface area contributed by atoms with Crippen LogP contribution in [0.5, 0.6) is 0 Å². The van der Waals surface area contributed by atoms with Gasteiger partial charge in [0.2, 0.25) is 0 Å². The standard InChI is InChI=1S/C2HF3O2.CH9N6/c3-2(4,5)1(6)7;2-1(3)7(4,5)6/h(H,6,7);4-6H2,(H3,2,3)/q;+1/p-1. The number of carboxylic acids is 1. The van der Waals surface area contributed by atoms with Gasteiger partial charge in [-0.15, -0.1) is 17.5 Å². The van der Waals surface area contributed by atoms with Gasteiger partial charge in [-0.05, 0) is 4.81 Å². The second-order valence-corrected chi connectivity index (χ2v) is 2.00. The first kappa shape index (κ1) is 15.1. The Morgan fingerprint density at radius 3 is 1.43 bits per heavy atom. The van der Waals surface area contributed by atoms with Crippen LogP contribution in [-0.4, -0.2) is 22.9 Å². The number of rotatable bonds is 0. The Kier molecular flexibility index (Phi) is 5.06. The van der Waals surface area contributed by atoms with Crippen LogP contribution in [0.3, 0.4) is 0 Å². The molecule has 0 aliphatic rings. The molecule has 0 aromatic heterocycles. The number of nitrogens with zero attached hydrogens (tertiary/aromatic N) is 1. The number of alkyl halides is 3. The molecule has 0 aromatic rings. The highest BCUT2D eigenvalue weighted by molar-refractivity contribution is 5.70. The van der Waals surface area contributed by atoms with Gasteiger partial charge in [-0.25, -0.2) is 5.41 Å². The summed E-state index contributed by atoms with van der Waals surface area (Å²) in [6.07, 6.45) is -5.19. The maximum Gasteiger partial charge on any atom is 0.430 e. The van der Waals surface area contributed by atoms with Crippen molar-refractivity contribution in [2.45, 2.75) is 6.18 Å². The molecule has 84 valence electrons. The number of carboxylic acid groups (broad SMARTS) is 1. The fraction of sp³-hybridized carbons (Fsp3) is 0.333. The molecule has 0 saturated carbocycles. The third kappa shape index (κ3) is 8.66. The molecule has 14 heavy (non-hydrogen) atoms.